The first kappa shape index (κ1) is 13.3. The van der Waals surface area contributed by atoms with Crippen LogP contribution in [0.5, 0.6) is 0 Å². The van der Waals surface area contributed by atoms with Gasteiger partial charge >= 0.3 is 0 Å². The van der Waals surface area contributed by atoms with Crippen LogP contribution in [0.2, 0.25) is 0 Å². The van der Waals surface area contributed by atoms with Crippen LogP contribution in [0.25, 0.3) is 0 Å². The summed E-state index contributed by atoms with van der Waals surface area (Å²) in [6.45, 7) is 0.251. The molecule has 1 saturated heterocycles. The maximum atomic E-state index is 13.2. The lowest BCUT2D eigenvalue weighted by molar-refractivity contribution is -0.0494. The van der Waals surface area contributed by atoms with Crippen LogP contribution in [0.4, 0.5) is 14.5 Å². The molecular formula is C15H18F2N2O. The van der Waals surface area contributed by atoms with Gasteiger partial charge in [0.2, 0.25) is 0 Å². The van der Waals surface area contributed by atoms with Crippen LogP contribution < -0.4 is 5.73 Å². The van der Waals surface area contributed by atoms with Gasteiger partial charge in [-0.15, -0.1) is 0 Å². The standard InChI is InChI=1S/C15H18F2N2O/c16-15(17)5-7-19(8-6-15)14(20)12-4-3-11(18)9-13(12)10-1-2-10/h3-4,9-10H,1-2,5-8,18H2. The summed E-state index contributed by atoms with van der Waals surface area (Å²) >= 11 is 0. The van der Waals surface area contributed by atoms with Gasteiger partial charge in [-0.25, -0.2) is 8.78 Å². The summed E-state index contributed by atoms with van der Waals surface area (Å²) in [5.41, 5.74) is 8.04. The number of piperidine rings is 1. The molecule has 20 heavy (non-hydrogen) atoms. The minimum absolute atomic E-state index is 0.125. The molecule has 1 saturated carbocycles. The van der Waals surface area contributed by atoms with E-state index in [1.165, 1.54) is 4.90 Å². The SMILES string of the molecule is Nc1ccc(C(=O)N2CCC(F)(F)CC2)c(C2CC2)c1. The smallest absolute Gasteiger partial charge is 0.254 e. The number of nitrogens with two attached hydrogens (primary N) is 1. The van der Waals surface area contributed by atoms with Gasteiger partial charge in [-0.1, -0.05) is 0 Å². The fourth-order valence-electron chi connectivity index (χ4n) is 2.72. The molecular weight excluding hydrogens is 262 g/mol. The summed E-state index contributed by atoms with van der Waals surface area (Å²) in [5.74, 6) is -2.36. The molecule has 2 aliphatic rings. The largest absolute Gasteiger partial charge is 0.399 e. The molecule has 3 nitrogen and oxygen atoms in total. The van der Waals surface area contributed by atoms with Crippen molar-refractivity contribution in [2.45, 2.75) is 37.5 Å². The number of nitrogens with zero attached hydrogens (tertiary/aromatic N) is 1. The lowest BCUT2D eigenvalue weighted by Gasteiger charge is -2.32. The third-order valence-electron chi connectivity index (χ3n) is 4.11. The van der Waals surface area contributed by atoms with E-state index in [9.17, 15) is 13.6 Å². The fraction of sp³-hybridized carbons (Fsp3) is 0.533. The Bertz CT molecular complexity index is 531. The van der Waals surface area contributed by atoms with Crippen LogP contribution in [-0.4, -0.2) is 29.8 Å². The number of carbonyl (C=O) groups is 1. The summed E-state index contributed by atoms with van der Waals surface area (Å²) in [6, 6.07) is 5.29. The first-order valence-corrected chi connectivity index (χ1v) is 7.03. The lowest BCUT2D eigenvalue weighted by atomic mass is 9.99. The number of rotatable bonds is 2. The minimum atomic E-state index is -2.63. The molecule has 0 bridgehead atoms. The van der Waals surface area contributed by atoms with Gasteiger partial charge in [0.15, 0.2) is 0 Å². The Morgan fingerprint density at radius 3 is 2.50 bits per heavy atom. The predicted molar refractivity (Wildman–Crippen MR) is 72.9 cm³/mol. The van der Waals surface area contributed by atoms with E-state index in [2.05, 4.69) is 0 Å². The minimum Gasteiger partial charge on any atom is -0.399 e. The Morgan fingerprint density at radius 1 is 1.25 bits per heavy atom. The molecule has 0 atom stereocenters. The van der Waals surface area contributed by atoms with Crippen LogP contribution in [-0.2, 0) is 0 Å². The Balaban J connectivity index is 1.81. The molecule has 1 aromatic carbocycles. The topological polar surface area (TPSA) is 46.3 Å². The zero-order valence-electron chi connectivity index (χ0n) is 11.2. The summed E-state index contributed by atoms with van der Waals surface area (Å²) in [6.07, 6.45) is 1.66. The van der Waals surface area contributed by atoms with Crippen LogP contribution in [0, 0.1) is 0 Å². The molecule has 1 aliphatic heterocycles. The van der Waals surface area contributed by atoms with Crippen molar-refractivity contribution in [2.75, 3.05) is 18.8 Å². The van der Waals surface area contributed by atoms with Gasteiger partial charge in [-0.3, -0.25) is 4.79 Å². The number of amides is 1. The van der Waals surface area contributed by atoms with E-state index >= 15 is 0 Å². The number of anilines is 1. The Hall–Kier alpha value is -1.65. The van der Waals surface area contributed by atoms with Gasteiger partial charge in [0, 0.05) is 37.2 Å². The van der Waals surface area contributed by atoms with E-state index in [0.717, 1.165) is 18.4 Å². The molecule has 0 aromatic heterocycles. The van der Waals surface area contributed by atoms with Crippen molar-refractivity contribution < 1.29 is 13.6 Å². The highest BCUT2D eigenvalue weighted by molar-refractivity contribution is 5.96. The van der Waals surface area contributed by atoms with Gasteiger partial charge in [0.1, 0.15) is 0 Å². The molecule has 3 rings (SSSR count). The molecule has 1 heterocycles. The third-order valence-corrected chi connectivity index (χ3v) is 4.11. The molecule has 1 aromatic rings. The fourth-order valence-corrected chi connectivity index (χ4v) is 2.72. The van der Waals surface area contributed by atoms with Gasteiger partial charge in [0.05, 0.1) is 0 Å². The summed E-state index contributed by atoms with van der Waals surface area (Å²) in [7, 11) is 0. The Labute approximate surface area is 116 Å². The van der Waals surface area contributed by atoms with Gasteiger partial charge in [-0.2, -0.15) is 0 Å². The molecule has 2 fully saturated rings. The number of halogens is 2. The summed E-state index contributed by atoms with van der Waals surface area (Å²) in [4.78, 5) is 14.1. The number of likely N-dealkylation sites (tertiary alicyclic amines) is 1. The van der Waals surface area contributed by atoms with E-state index in [0.29, 0.717) is 17.2 Å². The van der Waals surface area contributed by atoms with E-state index in [-0.39, 0.29) is 31.8 Å². The Kier molecular flexibility index (Phi) is 3.15. The molecule has 108 valence electrons. The van der Waals surface area contributed by atoms with E-state index in [1.807, 2.05) is 6.07 Å². The lowest BCUT2D eigenvalue weighted by Crippen LogP contribution is -2.43. The molecule has 1 aliphatic carbocycles. The van der Waals surface area contributed by atoms with Crippen molar-refractivity contribution in [2.24, 2.45) is 0 Å². The first-order valence-electron chi connectivity index (χ1n) is 7.03. The average Bonchev–Trinajstić information content (AvgIpc) is 3.22. The van der Waals surface area contributed by atoms with Crippen molar-refractivity contribution >= 4 is 11.6 Å². The number of alkyl halides is 2. The van der Waals surface area contributed by atoms with Gasteiger partial charge < -0.3 is 10.6 Å². The second-order valence-corrected chi connectivity index (χ2v) is 5.77. The molecule has 5 heteroatoms. The van der Waals surface area contributed by atoms with Gasteiger partial charge in [-0.05, 0) is 42.5 Å². The van der Waals surface area contributed by atoms with E-state index in [1.54, 1.807) is 12.1 Å². The second-order valence-electron chi connectivity index (χ2n) is 5.77. The number of hydrogen-bond donors (Lipinski definition) is 1. The van der Waals surface area contributed by atoms with Crippen LogP contribution in [0.1, 0.15) is 47.5 Å². The third kappa shape index (κ3) is 2.62. The highest BCUT2D eigenvalue weighted by atomic mass is 19.3. The normalized spacial score (nSPS) is 21.8. The first-order chi connectivity index (χ1) is 9.46. The van der Waals surface area contributed by atoms with Crippen LogP contribution in [0.3, 0.4) is 0 Å². The zero-order valence-corrected chi connectivity index (χ0v) is 11.2. The highest BCUT2D eigenvalue weighted by Gasteiger charge is 2.37. The maximum absolute atomic E-state index is 13.2. The summed E-state index contributed by atoms with van der Waals surface area (Å²) in [5, 5.41) is 0. The van der Waals surface area contributed by atoms with Gasteiger partial charge in [0.25, 0.3) is 11.8 Å². The van der Waals surface area contributed by atoms with E-state index in [4.69, 9.17) is 5.73 Å². The zero-order chi connectivity index (χ0) is 14.3. The summed E-state index contributed by atoms with van der Waals surface area (Å²) < 4.78 is 26.3. The molecule has 0 spiro atoms. The number of carbonyl (C=O) groups excluding carboxylic acids is 1. The monoisotopic (exact) mass is 280 g/mol. The Morgan fingerprint density at radius 2 is 1.90 bits per heavy atom. The molecule has 2 N–H and O–H groups in total. The van der Waals surface area contributed by atoms with Crippen molar-refractivity contribution in [1.29, 1.82) is 0 Å². The molecule has 0 unspecified atom stereocenters. The highest BCUT2D eigenvalue weighted by Crippen LogP contribution is 2.42. The predicted octanol–water partition coefficient (Wildman–Crippen LogP) is 3.02. The van der Waals surface area contributed by atoms with Crippen molar-refractivity contribution in [3.05, 3.63) is 29.3 Å². The number of nitrogen functional groups attached to an aromatic ring is 1. The van der Waals surface area contributed by atoms with Crippen molar-refractivity contribution in [3.8, 4) is 0 Å². The van der Waals surface area contributed by atoms with Crippen LogP contribution >= 0.6 is 0 Å². The van der Waals surface area contributed by atoms with E-state index < -0.39 is 5.92 Å². The maximum Gasteiger partial charge on any atom is 0.254 e. The quantitative estimate of drug-likeness (QED) is 0.846. The van der Waals surface area contributed by atoms with Crippen molar-refractivity contribution in [1.82, 2.24) is 4.90 Å². The molecule has 1 amide bonds. The van der Waals surface area contributed by atoms with Crippen LogP contribution in [0.15, 0.2) is 18.2 Å². The number of hydrogen-bond acceptors (Lipinski definition) is 2. The molecule has 0 radical (unpaired) electrons. The average molecular weight is 280 g/mol. The van der Waals surface area contributed by atoms with Crippen molar-refractivity contribution in [3.63, 3.8) is 0 Å². The second kappa shape index (κ2) is 4.72. The number of benzene rings is 1.